The first-order valence-corrected chi connectivity index (χ1v) is 6.94. The van der Waals surface area contributed by atoms with Crippen LogP contribution in [-0.4, -0.2) is 60.4 Å². The van der Waals surface area contributed by atoms with Gasteiger partial charge in [-0.3, -0.25) is 9.59 Å². The molecule has 0 radical (unpaired) electrons. The lowest BCUT2D eigenvalue weighted by Crippen LogP contribution is -2.56. The number of nitrogens with zero attached hydrogens (tertiary/aromatic N) is 2. The van der Waals surface area contributed by atoms with Gasteiger partial charge < -0.3 is 15.1 Å². The van der Waals surface area contributed by atoms with Crippen LogP contribution in [0, 0.1) is 5.92 Å². The van der Waals surface area contributed by atoms with E-state index < -0.39 is 0 Å². The Kier molecular flexibility index (Phi) is 4.22. The van der Waals surface area contributed by atoms with Gasteiger partial charge in [-0.2, -0.15) is 0 Å². The third-order valence-corrected chi connectivity index (χ3v) is 3.81. The van der Waals surface area contributed by atoms with Crippen LogP contribution in [0.3, 0.4) is 0 Å². The lowest BCUT2D eigenvalue weighted by molar-refractivity contribution is -0.150. The topological polar surface area (TPSA) is 52.7 Å². The molecule has 1 unspecified atom stereocenters. The molecule has 1 heterocycles. The molecule has 0 aromatic heterocycles. The molecule has 5 nitrogen and oxygen atoms in total. The van der Waals surface area contributed by atoms with Crippen molar-refractivity contribution >= 4 is 11.8 Å². The van der Waals surface area contributed by atoms with Crippen molar-refractivity contribution in [2.45, 2.75) is 32.7 Å². The van der Waals surface area contributed by atoms with E-state index in [4.69, 9.17) is 0 Å². The summed E-state index contributed by atoms with van der Waals surface area (Å²) < 4.78 is 0. The molecule has 5 heteroatoms. The van der Waals surface area contributed by atoms with Crippen molar-refractivity contribution < 1.29 is 9.59 Å². The maximum atomic E-state index is 12.0. The molecule has 0 aromatic rings. The van der Waals surface area contributed by atoms with Crippen LogP contribution in [0.5, 0.6) is 0 Å². The van der Waals surface area contributed by atoms with E-state index in [1.54, 1.807) is 9.80 Å². The van der Waals surface area contributed by atoms with Gasteiger partial charge in [-0.1, -0.05) is 6.92 Å². The molecule has 1 aliphatic heterocycles. The summed E-state index contributed by atoms with van der Waals surface area (Å²) in [6, 6.07) is 0.361. The number of hydrogen-bond acceptors (Lipinski definition) is 3. The van der Waals surface area contributed by atoms with E-state index >= 15 is 0 Å². The normalized spacial score (nSPS) is 22.6. The number of amides is 2. The zero-order valence-corrected chi connectivity index (χ0v) is 11.3. The molecule has 18 heavy (non-hydrogen) atoms. The van der Waals surface area contributed by atoms with Crippen LogP contribution in [0.1, 0.15) is 26.7 Å². The van der Waals surface area contributed by atoms with Gasteiger partial charge in [0, 0.05) is 19.1 Å². The van der Waals surface area contributed by atoms with E-state index in [0.717, 1.165) is 6.54 Å². The molecule has 1 N–H and O–H groups in total. The van der Waals surface area contributed by atoms with Gasteiger partial charge in [-0.15, -0.1) is 0 Å². The number of piperazine rings is 1. The number of likely N-dealkylation sites (N-methyl/N-ethyl adjacent to an activating group) is 2. The van der Waals surface area contributed by atoms with E-state index in [1.807, 2.05) is 6.92 Å². The smallest absolute Gasteiger partial charge is 0.242 e. The minimum Gasteiger partial charge on any atom is -0.332 e. The second kappa shape index (κ2) is 5.69. The fraction of sp³-hybridized carbons (Fsp3) is 0.846. The van der Waals surface area contributed by atoms with E-state index in [9.17, 15) is 9.59 Å². The van der Waals surface area contributed by atoms with Crippen LogP contribution < -0.4 is 5.32 Å². The molecule has 1 atom stereocenters. The molecule has 2 aliphatic rings. The summed E-state index contributed by atoms with van der Waals surface area (Å²) >= 11 is 0. The third kappa shape index (κ3) is 3.02. The summed E-state index contributed by atoms with van der Waals surface area (Å²) in [7, 11) is 0. The lowest BCUT2D eigenvalue weighted by atomic mass is 10.1. The van der Waals surface area contributed by atoms with E-state index in [-0.39, 0.29) is 24.9 Å². The Balaban J connectivity index is 1.91. The fourth-order valence-corrected chi connectivity index (χ4v) is 2.54. The number of hydrogen-bond donors (Lipinski definition) is 1. The van der Waals surface area contributed by atoms with Crippen LogP contribution in [0.25, 0.3) is 0 Å². The summed E-state index contributed by atoms with van der Waals surface area (Å²) in [5, 5.41) is 3.43. The van der Waals surface area contributed by atoms with Crippen LogP contribution in [0.2, 0.25) is 0 Å². The summed E-state index contributed by atoms with van der Waals surface area (Å²) in [6.45, 7) is 6.71. The Bertz CT molecular complexity index is 328. The zero-order valence-electron chi connectivity index (χ0n) is 11.3. The van der Waals surface area contributed by atoms with Crippen LogP contribution in [0.15, 0.2) is 0 Å². The van der Waals surface area contributed by atoms with Crippen molar-refractivity contribution in [1.29, 1.82) is 0 Å². The Morgan fingerprint density at radius 1 is 1.17 bits per heavy atom. The highest BCUT2D eigenvalue weighted by Crippen LogP contribution is 2.33. The predicted octanol–water partition coefficient (Wildman–Crippen LogP) is 0.0652. The lowest BCUT2D eigenvalue weighted by Gasteiger charge is -2.35. The van der Waals surface area contributed by atoms with E-state index in [2.05, 4.69) is 12.2 Å². The SMILES string of the molecule is CCNC(CN1CC(=O)N(CC)CC1=O)C1CC1. The van der Waals surface area contributed by atoms with Gasteiger partial charge in [0.05, 0.1) is 13.1 Å². The van der Waals surface area contributed by atoms with Gasteiger partial charge >= 0.3 is 0 Å². The molecule has 0 spiro atoms. The molecule has 2 rings (SSSR count). The first-order valence-electron chi connectivity index (χ1n) is 6.94. The van der Waals surface area contributed by atoms with Gasteiger partial charge in [0.1, 0.15) is 0 Å². The minimum absolute atomic E-state index is 0.0724. The second-order valence-electron chi connectivity index (χ2n) is 5.18. The van der Waals surface area contributed by atoms with Crippen molar-refractivity contribution in [2.24, 2.45) is 5.92 Å². The monoisotopic (exact) mass is 253 g/mol. The molecule has 1 saturated carbocycles. The minimum atomic E-state index is 0.0724. The van der Waals surface area contributed by atoms with Crippen molar-refractivity contribution in [1.82, 2.24) is 15.1 Å². The summed E-state index contributed by atoms with van der Waals surface area (Å²) in [4.78, 5) is 27.2. The maximum absolute atomic E-state index is 12.0. The largest absolute Gasteiger partial charge is 0.332 e. The molecular weight excluding hydrogens is 230 g/mol. The quantitative estimate of drug-likeness (QED) is 0.728. The van der Waals surface area contributed by atoms with Crippen LogP contribution in [0.4, 0.5) is 0 Å². The molecule has 1 aliphatic carbocycles. The summed E-state index contributed by atoms with van der Waals surface area (Å²) in [6.07, 6.45) is 2.49. The maximum Gasteiger partial charge on any atom is 0.242 e. The number of rotatable bonds is 6. The first-order chi connectivity index (χ1) is 8.65. The molecule has 0 aromatic carbocycles. The molecule has 2 amide bonds. The number of carbonyl (C=O) groups excluding carboxylic acids is 2. The summed E-state index contributed by atoms with van der Waals surface area (Å²) in [5.74, 6) is 0.847. The number of nitrogens with one attached hydrogen (secondary N) is 1. The fourth-order valence-electron chi connectivity index (χ4n) is 2.54. The van der Waals surface area contributed by atoms with Crippen molar-refractivity contribution in [3.05, 3.63) is 0 Å². The van der Waals surface area contributed by atoms with Gasteiger partial charge in [0.25, 0.3) is 0 Å². The van der Waals surface area contributed by atoms with Crippen LogP contribution in [-0.2, 0) is 9.59 Å². The molecular formula is C13H23N3O2. The Hall–Kier alpha value is -1.10. The number of carbonyl (C=O) groups is 2. The Morgan fingerprint density at radius 3 is 2.33 bits per heavy atom. The van der Waals surface area contributed by atoms with Crippen LogP contribution >= 0.6 is 0 Å². The van der Waals surface area contributed by atoms with Gasteiger partial charge in [-0.05, 0) is 32.2 Å². The zero-order chi connectivity index (χ0) is 13.1. The van der Waals surface area contributed by atoms with E-state index in [0.29, 0.717) is 25.0 Å². The predicted molar refractivity (Wildman–Crippen MR) is 69.0 cm³/mol. The average Bonchev–Trinajstić information content (AvgIpc) is 3.16. The van der Waals surface area contributed by atoms with E-state index in [1.165, 1.54) is 12.8 Å². The highest BCUT2D eigenvalue weighted by Gasteiger charge is 2.35. The molecule has 1 saturated heterocycles. The second-order valence-corrected chi connectivity index (χ2v) is 5.18. The Labute approximate surface area is 108 Å². The highest BCUT2D eigenvalue weighted by molar-refractivity contribution is 5.92. The molecule has 2 fully saturated rings. The van der Waals surface area contributed by atoms with Gasteiger partial charge in [0.15, 0.2) is 0 Å². The van der Waals surface area contributed by atoms with Crippen molar-refractivity contribution in [2.75, 3.05) is 32.7 Å². The Morgan fingerprint density at radius 2 is 1.78 bits per heavy atom. The molecule has 0 bridgehead atoms. The summed E-state index contributed by atoms with van der Waals surface area (Å²) in [5.41, 5.74) is 0. The first kappa shape index (κ1) is 13.3. The van der Waals surface area contributed by atoms with Crippen molar-refractivity contribution in [3.63, 3.8) is 0 Å². The van der Waals surface area contributed by atoms with Gasteiger partial charge in [0.2, 0.25) is 11.8 Å². The van der Waals surface area contributed by atoms with Crippen molar-refractivity contribution in [3.8, 4) is 0 Å². The van der Waals surface area contributed by atoms with Gasteiger partial charge in [-0.25, -0.2) is 0 Å². The highest BCUT2D eigenvalue weighted by atomic mass is 16.2. The standard InChI is InChI=1S/C13H23N3O2/c1-3-14-11(10-5-6-10)7-16-9-12(17)15(4-2)8-13(16)18/h10-11,14H,3-9H2,1-2H3. The average molecular weight is 253 g/mol. The third-order valence-electron chi connectivity index (χ3n) is 3.81. The molecule has 102 valence electrons.